The molecule has 1 saturated heterocycles. The number of hydrogen-bond donors (Lipinski definition) is 1. The van der Waals surface area contributed by atoms with E-state index in [0.717, 1.165) is 6.54 Å². The van der Waals surface area contributed by atoms with E-state index in [1.54, 1.807) is 0 Å². The maximum atomic E-state index is 6.57. The Morgan fingerprint density at radius 3 is 2.33 bits per heavy atom. The quantitative estimate of drug-likeness (QED) is 0.838. The van der Waals surface area contributed by atoms with E-state index in [1.807, 2.05) is 0 Å². The third-order valence-electron chi connectivity index (χ3n) is 4.71. The number of nitrogens with zero attached hydrogens (tertiary/aromatic N) is 2. The summed E-state index contributed by atoms with van der Waals surface area (Å²) in [6.45, 7) is 9.36. The molecule has 2 atom stereocenters. The topological polar surface area (TPSA) is 32.5 Å². The Bertz CT molecular complexity index is 398. The van der Waals surface area contributed by atoms with E-state index in [2.05, 4.69) is 61.0 Å². The van der Waals surface area contributed by atoms with Crippen molar-refractivity contribution in [3.63, 3.8) is 0 Å². The molecular formula is C18H31N3. The molecule has 0 spiro atoms. The molecule has 21 heavy (non-hydrogen) atoms. The van der Waals surface area contributed by atoms with Gasteiger partial charge in [-0.05, 0) is 44.5 Å². The van der Waals surface area contributed by atoms with Gasteiger partial charge in [0, 0.05) is 25.2 Å². The van der Waals surface area contributed by atoms with Crippen LogP contribution in [0.15, 0.2) is 30.3 Å². The Hall–Kier alpha value is -0.900. The maximum Gasteiger partial charge on any atom is 0.0455 e. The molecule has 0 radical (unpaired) electrons. The molecule has 3 heteroatoms. The van der Waals surface area contributed by atoms with Crippen LogP contribution in [0.3, 0.4) is 0 Å². The molecule has 118 valence electrons. The van der Waals surface area contributed by atoms with Gasteiger partial charge in [-0.25, -0.2) is 0 Å². The molecule has 3 nitrogen and oxygen atoms in total. The third kappa shape index (κ3) is 4.53. The zero-order valence-electron chi connectivity index (χ0n) is 13.8. The monoisotopic (exact) mass is 289 g/mol. The standard InChI is InChI=1S/C18H31N3/c1-15(2)18(17(19)16-9-5-4-6-10-16)20(3)13-14-21-11-7-8-12-21/h4-6,9-10,15,17-18H,7-8,11-14,19H2,1-3H3. The smallest absolute Gasteiger partial charge is 0.0455 e. The van der Waals surface area contributed by atoms with Crippen LogP contribution in [0, 0.1) is 5.92 Å². The molecular weight excluding hydrogens is 258 g/mol. The fraction of sp³-hybridized carbons (Fsp3) is 0.667. The molecule has 0 aromatic heterocycles. The average molecular weight is 289 g/mol. The third-order valence-corrected chi connectivity index (χ3v) is 4.71. The molecule has 1 fully saturated rings. The van der Waals surface area contributed by atoms with Gasteiger partial charge in [-0.1, -0.05) is 44.2 Å². The lowest BCUT2D eigenvalue weighted by atomic mass is 9.90. The minimum absolute atomic E-state index is 0.0785. The van der Waals surface area contributed by atoms with E-state index < -0.39 is 0 Å². The zero-order valence-corrected chi connectivity index (χ0v) is 13.8. The first kappa shape index (κ1) is 16.5. The van der Waals surface area contributed by atoms with Gasteiger partial charge in [-0.15, -0.1) is 0 Å². The van der Waals surface area contributed by atoms with Crippen molar-refractivity contribution in [3.05, 3.63) is 35.9 Å². The van der Waals surface area contributed by atoms with Crippen LogP contribution < -0.4 is 5.73 Å². The second-order valence-electron chi connectivity index (χ2n) is 6.70. The summed E-state index contributed by atoms with van der Waals surface area (Å²) in [4.78, 5) is 5.03. The van der Waals surface area contributed by atoms with E-state index in [-0.39, 0.29) is 6.04 Å². The minimum atomic E-state index is 0.0785. The van der Waals surface area contributed by atoms with Crippen molar-refractivity contribution in [1.29, 1.82) is 0 Å². The molecule has 0 aliphatic carbocycles. The number of hydrogen-bond acceptors (Lipinski definition) is 3. The van der Waals surface area contributed by atoms with Gasteiger partial charge < -0.3 is 15.5 Å². The van der Waals surface area contributed by atoms with E-state index in [1.165, 1.54) is 38.0 Å². The fourth-order valence-corrected chi connectivity index (χ4v) is 3.52. The van der Waals surface area contributed by atoms with E-state index in [4.69, 9.17) is 5.73 Å². The summed E-state index contributed by atoms with van der Waals surface area (Å²) in [5.41, 5.74) is 7.81. The molecule has 1 aliphatic heterocycles. The highest BCUT2D eigenvalue weighted by Crippen LogP contribution is 2.23. The van der Waals surface area contributed by atoms with Crippen molar-refractivity contribution < 1.29 is 0 Å². The second kappa shape index (κ2) is 7.92. The summed E-state index contributed by atoms with van der Waals surface area (Å²) in [5, 5.41) is 0. The van der Waals surface area contributed by atoms with Gasteiger partial charge in [0.25, 0.3) is 0 Å². The van der Waals surface area contributed by atoms with Crippen molar-refractivity contribution in [2.45, 2.75) is 38.8 Å². The molecule has 0 bridgehead atoms. The predicted molar refractivity (Wildman–Crippen MR) is 90.3 cm³/mol. The van der Waals surface area contributed by atoms with Crippen LogP contribution in [0.25, 0.3) is 0 Å². The summed E-state index contributed by atoms with van der Waals surface area (Å²) < 4.78 is 0. The highest BCUT2D eigenvalue weighted by atomic mass is 15.2. The van der Waals surface area contributed by atoms with Gasteiger partial charge in [0.2, 0.25) is 0 Å². The number of benzene rings is 1. The van der Waals surface area contributed by atoms with Crippen LogP contribution in [-0.2, 0) is 0 Å². The molecule has 2 rings (SSSR count). The molecule has 1 aromatic carbocycles. The summed E-state index contributed by atoms with van der Waals surface area (Å²) in [6.07, 6.45) is 2.72. The van der Waals surface area contributed by atoms with Gasteiger partial charge in [-0.3, -0.25) is 0 Å². The van der Waals surface area contributed by atoms with E-state index in [0.29, 0.717) is 12.0 Å². The first-order chi connectivity index (χ1) is 10.1. The van der Waals surface area contributed by atoms with Crippen molar-refractivity contribution >= 4 is 0 Å². The maximum absolute atomic E-state index is 6.57. The van der Waals surface area contributed by atoms with Crippen molar-refractivity contribution in [1.82, 2.24) is 9.80 Å². The molecule has 2 N–H and O–H groups in total. The Kier molecular flexibility index (Phi) is 6.22. The number of likely N-dealkylation sites (tertiary alicyclic amines) is 1. The molecule has 0 saturated carbocycles. The van der Waals surface area contributed by atoms with Crippen LogP contribution in [0.1, 0.15) is 38.3 Å². The summed E-state index contributed by atoms with van der Waals surface area (Å²) >= 11 is 0. The highest BCUT2D eigenvalue weighted by molar-refractivity contribution is 5.20. The lowest BCUT2D eigenvalue weighted by Gasteiger charge is -2.36. The Balaban J connectivity index is 1.96. The van der Waals surface area contributed by atoms with Crippen molar-refractivity contribution in [3.8, 4) is 0 Å². The normalized spacial score (nSPS) is 19.3. The molecule has 1 heterocycles. The van der Waals surface area contributed by atoms with Crippen LogP contribution in [0.2, 0.25) is 0 Å². The average Bonchev–Trinajstić information content (AvgIpc) is 2.99. The SMILES string of the molecule is CC(C)C(C(N)c1ccccc1)N(C)CCN1CCCC1. The largest absolute Gasteiger partial charge is 0.323 e. The molecule has 2 unspecified atom stereocenters. The van der Waals surface area contributed by atoms with Crippen LogP contribution in [0.5, 0.6) is 0 Å². The molecule has 1 aromatic rings. The van der Waals surface area contributed by atoms with Crippen LogP contribution in [0.4, 0.5) is 0 Å². The molecule has 0 amide bonds. The van der Waals surface area contributed by atoms with Crippen LogP contribution in [-0.4, -0.2) is 49.1 Å². The van der Waals surface area contributed by atoms with Crippen molar-refractivity contribution in [2.24, 2.45) is 11.7 Å². The van der Waals surface area contributed by atoms with Gasteiger partial charge in [0.05, 0.1) is 0 Å². The lowest BCUT2D eigenvalue weighted by molar-refractivity contribution is 0.146. The van der Waals surface area contributed by atoms with Gasteiger partial charge >= 0.3 is 0 Å². The lowest BCUT2D eigenvalue weighted by Crippen LogP contribution is -2.46. The number of rotatable bonds is 7. The van der Waals surface area contributed by atoms with E-state index in [9.17, 15) is 0 Å². The van der Waals surface area contributed by atoms with Crippen LogP contribution >= 0.6 is 0 Å². The second-order valence-corrected chi connectivity index (χ2v) is 6.70. The Labute approximate surface area is 130 Å². The Morgan fingerprint density at radius 1 is 1.14 bits per heavy atom. The van der Waals surface area contributed by atoms with Crippen molar-refractivity contribution in [2.75, 3.05) is 33.2 Å². The number of likely N-dealkylation sites (N-methyl/N-ethyl adjacent to an activating group) is 1. The Morgan fingerprint density at radius 2 is 1.76 bits per heavy atom. The fourth-order valence-electron chi connectivity index (χ4n) is 3.52. The predicted octanol–water partition coefficient (Wildman–Crippen LogP) is 2.74. The van der Waals surface area contributed by atoms with Gasteiger partial charge in [0.15, 0.2) is 0 Å². The van der Waals surface area contributed by atoms with Gasteiger partial charge in [-0.2, -0.15) is 0 Å². The van der Waals surface area contributed by atoms with Gasteiger partial charge in [0.1, 0.15) is 0 Å². The van der Waals surface area contributed by atoms with E-state index >= 15 is 0 Å². The summed E-state index contributed by atoms with van der Waals surface area (Å²) in [5.74, 6) is 0.545. The highest BCUT2D eigenvalue weighted by Gasteiger charge is 2.27. The number of nitrogens with two attached hydrogens (primary N) is 1. The first-order valence-corrected chi connectivity index (χ1v) is 8.32. The molecule has 1 aliphatic rings. The first-order valence-electron chi connectivity index (χ1n) is 8.32. The minimum Gasteiger partial charge on any atom is -0.323 e. The summed E-state index contributed by atoms with van der Waals surface area (Å²) in [7, 11) is 2.23. The zero-order chi connectivity index (χ0) is 15.2. The summed E-state index contributed by atoms with van der Waals surface area (Å²) in [6, 6.07) is 11.0.